The molecule has 214 valence electrons. The number of amides is 1. The molecule has 0 bridgehead atoms. The van der Waals surface area contributed by atoms with E-state index in [2.05, 4.69) is 5.10 Å². The number of hydrogen-bond donors (Lipinski definition) is 3. The minimum atomic E-state index is -4.50. The number of carbonyl (C=O) groups is 1. The van der Waals surface area contributed by atoms with E-state index < -0.39 is 42.5 Å². The molecule has 17 heteroatoms. The van der Waals surface area contributed by atoms with Crippen molar-refractivity contribution in [2.75, 3.05) is 5.01 Å². The van der Waals surface area contributed by atoms with Gasteiger partial charge >= 0.3 is 103 Å². The first-order valence-corrected chi connectivity index (χ1v) is 14.4. The topological polar surface area (TPSA) is 207 Å². The first-order chi connectivity index (χ1) is 19.1. The third-order valence-corrected chi connectivity index (χ3v) is 7.86. The summed E-state index contributed by atoms with van der Waals surface area (Å²) in [6.07, 6.45) is 4.16. The zero-order chi connectivity index (χ0) is 30.3. The van der Waals surface area contributed by atoms with Crippen LogP contribution < -0.4 is 10.6 Å². The molecule has 43 heavy (non-hydrogen) atoms. The number of aromatic nitrogens is 1. The molecule has 13 nitrogen and oxygen atoms in total. The van der Waals surface area contributed by atoms with Crippen molar-refractivity contribution in [2.24, 2.45) is 5.10 Å². The summed E-state index contributed by atoms with van der Waals surface area (Å²) >= 11 is 0. The van der Waals surface area contributed by atoms with Gasteiger partial charge in [0.05, 0.1) is 32.5 Å². The van der Waals surface area contributed by atoms with Crippen LogP contribution in [0.15, 0.2) is 85.9 Å². The second kappa shape index (κ2) is 14.7. The Bertz CT molecular complexity index is 2010. The molecule has 1 aromatic heterocycles. The summed E-state index contributed by atoms with van der Waals surface area (Å²) in [5, 5.41) is 25.8. The van der Waals surface area contributed by atoms with Crippen molar-refractivity contribution in [2.45, 2.75) is 23.6 Å². The first-order valence-electron chi connectivity index (χ1n) is 11.5. The van der Waals surface area contributed by atoms with Gasteiger partial charge < -0.3 is 5.11 Å². The van der Waals surface area contributed by atoms with Gasteiger partial charge in [0.2, 0.25) is 5.88 Å². The summed E-state index contributed by atoms with van der Waals surface area (Å²) in [5.41, 5.74) is -0.186. The number of nitriles is 1. The first kappa shape index (κ1) is 37.6. The Kier molecular flexibility index (Phi) is 12.8. The third kappa shape index (κ3) is 7.98. The Hall–Kier alpha value is -1.61. The van der Waals surface area contributed by atoms with Crippen LogP contribution in [0.25, 0.3) is 11.8 Å². The Morgan fingerprint density at radius 1 is 0.860 bits per heavy atom. The van der Waals surface area contributed by atoms with E-state index in [-0.39, 0.29) is 141 Å². The number of aromatic hydroxyl groups is 1. The van der Waals surface area contributed by atoms with Crippen LogP contribution in [0.4, 0.5) is 5.69 Å². The van der Waals surface area contributed by atoms with Crippen LogP contribution in [0.2, 0.25) is 0 Å². The Balaban J connectivity index is 0.00000323. The fourth-order valence-corrected chi connectivity index (χ4v) is 4.97. The number of hydrazone groups is 1. The number of carbonyl (C=O) groups excluding carboxylic acids is 1. The van der Waals surface area contributed by atoms with E-state index in [0.717, 1.165) is 33.8 Å². The van der Waals surface area contributed by atoms with Gasteiger partial charge in [0.15, 0.2) is 0 Å². The second-order valence-corrected chi connectivity index (χ2v) is 11.5. The van der Waals surface area contributed by atoms with Gasteiger partial charge in [0.1, 0.15) is 11.6 Å². The number of anilines is 1. The molecule has 3 N–H and O–H groups in total. The van der Waals surface area contributed by atoms with Gasteiger partial charge in [0, 0.05) is 5.56 Å². The van der Waals surface area contributed by atoms with Crippen LogP contribution in [0.1, 0.15) is 23.6 Å². The molecule has 0 saturated heterocycles. The van der Waals surface area contributed by atoms with Crippen molar-refractivity contribution in [3.05, 3.63) is 93.3 Å². The van der Waals surface area contributed by atoms with Gasteiger partial charge in [0.25, 0.3) is 31.7 Å². The van der Waals surface area contributed by atoms with Gasteiger partial charge in [-0.2, -0.15) is 32.2 Å². The average Bonchev–Trinajstić information content (AvgIpc) is 3.18. The van der Waals surface area contributed by atoms with Crippen LogP contribution in [-0.4, -0.2) is 150 Å². The molecule has 0 saturated carbocycles. The van der Waals surface area contributed by atoms with Gasteiger partial charge in [-0.05, 0) is 80.1 Å². The fourth-order valence-electron chi connectivity index (χ4n) is 4.01. The molecule has 0 unspecified atom stereocenters. The standard InChI is InChI=1S/C26H20N4O9S2.2K.2H/c1-15-21(24(31)29(25(32)23(15)14-27)17-6-10-19(11-7-17)40(34,35)36)4-3-5-22-16(2)28-30(26(22)33)18-8-12-20(13-9-18)41(37,38)39;;;;/h3-13,31H,1-2H3,(H,34,35,36)(H,37,38,39);;;;. The number of benzene rings is 2. The maximum absolute atomic E-state index is 13.0. The summed E-state index contributed by atoms with van der Waals surface area (Å²) in [6.45, 7) is 3.01. The summed E-state index contributed by atoms with van der Waals surface area (Å²) in [6, 6.07) is 11.0. The molecule has 1 aliphatic rings. The molecule has 3 aromatic rings. The van der Waals surface area contributed by atoms with E-state index >= 15 is 0 Å². The van der Waals surface area contributed by atoms with E-state index in [1.807, 2.05) is 0 Å². The Labute approximate surface area is 331 Å². The van der Waals surface area contributed by atoms with E-state index in [0.29, 0.717) is 5.71 Å². The predicted octanol–water partition coefficient (Wildman–Crippen LogP) is 1.28. The normalized spacial score (nSPS) is 14.3. The van der Waals surface area contributed by atoms with Crippen molar-refractivity contribution < 1.29 is 35.8 Å². The summed E-state index contributed by atoms with van der Waals surface area (Å²) in [7, 11) is -8.92. The third-order valence-electron chi connectivity index (χ3n) is 6.12. The van der Waals surface area contributed by atoms with Gasteiger partial charge in [-0.25, -0.2) is 4.57 Å². The molecular weight excluding hydrogens is 655 g/mol. The number of hydrogen-bond acceptors (Lipinski definition) is 9. The molecule has 0 fully saturated rings. The van der Waals surface area contributed by atoms with Crippen LogP contribution in [0.5, 0.6) is 5.88 Å². The van der Waals surface area contributed by atoms with Gasteiger partial charge in [-0.1, -0.05) is 6.08 Å². The van der Waals surface area contributed by atoms with Crippen LogP contribution in [-0.2, 0) is 25.0 Å². The summed E-state index contributed by atoms with van der Waals surface area (Å²) in [4.78, 5) is 25.2. The van der Waals surface area contributed by atoms with Gasteiger partial charge in [-0.3, -0.25) is 18.7 Å². The van der Waals surface area contributed by atoms with Crippen molar-refractivity contribution in [3.63, 3.8) is 0 Å². The molecule has 0 aliphatic carbocycles. The molecule has 0 spiro atoms. The van der Waals surface area contributed by atoms with E-state index in [4.69, 9.17) is 4.55 Å². The monoisotopic (exact) mass is 676 g/mol. The number of rotatable bonds is 6. The Morgan fingerprint density at radius 3 is 1.81 bits per heavy atom. The predicted molar refractivity (Wildman–Crippen MR) is 161 cm³/mol. The SMILES string of the molecule is CC1=NN(c2ccc(S(=O)(=O)O)cc2)C(=O)C1=CC=Cc1c(C)c(C#N)c(=O)n(-c2ccc(S(=O)(=O)O)cc2)c1O.[KH].[KH]. The summed E-state index contributed by atoms with van der Waals surface area (Å²) < 4.78 is 64.4. The number of allylic oxidation sites excluding steroid dienone is 2. The van der Waals surface area contributed by atoms with Crippen molar-refractivity contribution in [1.82, 2.24) is 4.57 Å². The molecule has 4 rings (SSSR count). The van der Waals surface area contributed by atoms with E-state index in [9.17, 15) is 41.3 Å². The zero-order valence-corrected chi connectivity index (χ0v) is 22.9. The minimum absolute atomic E-state index is 0. The van der Waals surface area contributed by atoms with Gasteiger partial charge in [-0.15, -0.1) is 0 Å². The van der Waals surface area contributed by atoms with Crippen molar-refractivity contribution in [1.29, 1.82) is 5.26 Å². The molecule has 2 aromatic carbocycles. The average molecular weight is 677 g/mol. The quantitative estimate of drug-likeness (QED) is 0.194. The zero-order valence-electron chi connectivity index (χ0n) is 21.2. The molecule has 1 amide bonds. The fraction of sp³-hybridized carbons (Fsp3) is 0.0769. The molecule has 1 aliphatic heterocycles. The van der Waals surface area contributed by atoms with E-state index in [1.165, 1.54) is 49.4 Å². The Morgan fingerprint density at radius 2 is 1.35 bits per heavy atom. The molecular formula is C26H22K2N4O9S2. The maximum atomic E-state index is 13.0. The second-order valence-electron chi connectivity index (χ2n) is 8.67. The molecule has 2 heterocycles. The van der Waals surface area contributed by atoms with Crippen LogP contribution >= 0.6 is 0 Å². The van der Waals surface area contributed by atoms with Crippen LogP contribution in [0.3, 0.4) is 0 Å². The van der Waals surface area contributed by atoms with E-state index in [1.54, 1.807) is 13.0 Å². The number of pyridine rings is 1. The molecule has 0 atom stereocenters. The van der Waals surface area contributed by atoms with Crippen LogP contribution in [0, 0.1) is 18.3 Å². The summed E-state index contributed by atoms with van der Waals surface area (Å²) in [5.74, 6) is -1.11. The van der Waals surface area contributed by atoms with Crippen molar-refractivity contribution >= 4 is 146 Å². The van der Waals surface area contributed by atoms with Crippen molar-refractivity contribution in [3.8, 4) is 17.6 Å². The molecule has 0 radical (unpaired) electrons. The number of nitrogens with zero attached hydrogens (tertiary/aromatic N) is 4.